The van der Waals surface area contributed by atoms with Crippen molar-refractivity contribution < 1.29 is 9.18 Å². The third-order valence-electron chi connectivity index (χ3n) is 2.57. The number of nitrogens with one attached hydrogen (secondary N) is 1. The van der Waals surface area contributed by atoms with E-state index >= 15 is 0 Å². The van der Waals surface area contributed by atoms with E-state index in [4.69, 9.17) is 0 Å². The van der Waals surface area contributed by atoms with Crippen LogP contribution < -0.4 is 5.32 Å². The van der Waals surface area contributed by atoms with Gasteiger partial charge >= 0.3 is 0 Å². The molecule has 0 aliphatic carbocycles. The number of para-hydroxylation sites is 1. The van der Waals surface area contributed by atoms with Gasteiger partial charge in [0.2, 0.25) is 5.91 Å². The van der Waals surface area contributed by atoms with Crippen molar-refractivity contribution in [1.82, 2.24) is 4.98 Å². The monoisotopic (exact) mass is 244 g/mol. The number of aryl methyl sites for hydroxylation is 1. The quantitative estimate of drug-likeness (QED) is 0.902. The summed E-state index contributed by atoms with van der Waals surface area (Å²) >= 11 is 0. The fourth-order valence-corrected chi connectivity index (χ4v) is 1.66. The highest BCUT2D eigenvalue weighted by atomic mass is 19.1. The molecule has 0 unspecified atom stereocenters. The molecule has 1 aromatic heterocycles. The molecule has 2 rings (SSSR count). The number of amides is 1. The summed E-state index contributed by atoms with van der Waals surface area (Å²) in [6.07, 6.45) is 3.44. The van der Waals surface area contributed by atoms with Gasteiger partial charge in [0, 0.05) is 12.4 Å². The first kappa shape index (κ1) is 12.2. The molecule has 1 aromatic carbocycles. The largest absolute Gasteiger partial charge is 0.323 e. The zero-order valence-electron chi connectivity index (χ0n) is 9.98. The molecule has 2 aromatic rings. The normalized spacial score (nSPS) is 10.1. The number of rotatable bonds is 3. The van der Waals surface area contributed by atoms with Gasteiger partial charge in [-0.25, -0.2) is 4.39 Å². The predicted molar refractivity (Wildman–Crippen MR) is 67.7 cm³/mol. The van der Waals surface area contributed by atoms with E-state index in [0.717, 1.165) is 5.56 Å². The lowest BCUT2D eigenvalue weighted by Gasteiger charge is -2.09. The van der Waals surface area contributed by atoms with Crippen LogP contribution in [0.1, 0.15) is 11.1 Å². The Morgan fingerprint density at radius 1 is 1.33 bits per heavy atom. The summed E-state index contributed by atoms with van der Waals surface area (Å²) in [5, 5.41) is 2.59. The highest BCUT2D eigenvalue weighted by Gasteiger charge is 2.09. The molecule has 0 fully saturated rings. The van der Waals surface area contributed by atoms with Crippen LogP contribution >= 0.6 is 0 Å². The maximum absolute atomic E-state index is 13.5. The van der Waals surface area contributed by atoms with Gasteiger partial charge in [-0.1, -0.05) is 18.2 Å². The molecule has 1 N–H and O–H groups in total. The molecule has 1 heterocycles. The first-order chi connectivity index (χ1) is 8.66. The van der Waals surface area contributed by atoms with Crippen LogP contribution in [0.5, 0.6) is 0 Å². The molecule has 4 heteroatoms. The van der Waals surface area contributed by atoms with Crippen LogP contribution in [0.25, 0.3) is 0 Å². The number of nitrogens with zero attached hydrogens (tertiary/aromatic N) is 1. The lowest BCUT2D eigenvalue weighted by Crippen LogP contribution is -2.16. The van der Waals surface area contributed by atoms with Crippen molar-refractivity contribution in [2.75, 3.05) is 5.32 Å². The van der Waals surface area contributed by atoms with Crippen LogP contribution in [0.15, 0.2) is 42.7 Å². The van der Waals surface area contributed by atoms with Gasteiger partial charge in [-0.15, -0.1) is 0 Å². The number of pyridine rings is 1. The standard InChI is InChI=1S/C14H13FN2O/c1-10-4-2-6-12(15)14(10)17-13(18)8-11-5-3-7-16-9-11/h2-7,9H,8H2,1H3,(H,17,18). The molecule has 1 amide bonds. The van der Waals surface area contributed by atoms with Crippen molar-refractivity contribution in [3.05, 3.63) is 59.7 Å². The maximum Gasteiger partial charge on any atom is 0.228 e. The van der Waals surface area contributed by atoms with Crippen molar-refractivity contribution in [2.45, 2.75) is 13.3 Å². The third-order valence-corrected chi connectivity index (χ3v) is 2.57. The summed E-state index contributed by atoms with van der Waals surface area (Å²) in [6.45, 7) is 1.75. The second kappa shape index (κ2) is 5.40. The van der Waals surface area contributed by atoms with E-state index in [9.17, 15) is 9.18 Å². The predicted octanol–water partition coefficient (Wildman–Crippen LogP) is 2.71. The van der Waals surface area contributed by atoms with Crippen molar-refractivity contribution in [3.8, 4) is 0 Å². The Kier molecular flexibility index (Phi) is 3.67. The molecule has 18 heavy (non-hydrogen) atoms. The minimum atomic E-state index is -0.422. The van der Waals surface area contributed by atoms with E-state index < -0.39 is 5.82 Å². The first-order valence-corrected chi connectivity index (χ1v) is 5.60. The van der Waals surface area contributed by atoms with E-state index in [1.807, 2.05) is 0 Å². The SMILES string of the molecule is Cc1cccc(F)c1NC(=O)Cc1cccnc1. The van der Waals surface area contributed by atoms with Gasteiger partial charge in [-0.3, -0.25) is 9.78 Å². The van der Waals surface area contributed by atoms with E-state index in [1.54, 1.807) is 43.6 Å². The molecule has 3 nitrogen and oxygen atoms in total. The minimum absolute atomic E-state index is 0.182. The minimum Gasteiger partial charge on any atom is -0.323 e. The molecule has 92 valence electrons. The molecule has 0 aliphatic heterocycles. The van der Waals surface area contributed by atoms with E-state index in [2.05, 4.69) is 10.3 Å². The molecule has 0 saturated carbocycles. The van der Waals surface area contributed by atoms with Crippen molar-refractivity contribution in [3.63, 3.8) is 0 Å². The van der Waals surface area contributed by atoms with Crippen molar-refractivity contribution in [2.24, 2.45) is 0 Å². The summed E-state index contributed by atoms with van der Waals surface area (Å²) in [7, 11) is 0. The summed E-state index contributed by atoms with van der Waals surface area (Å²) in [5.74, 6) is -0.675. The topological polar surface area (TPSA) is 42.0 Å². The highest BCUT2D eigenvalue weighted by Crippen LogP contribution is 2.18. The molecule has 0 bridgehead atoms. The Bertz CT molecular complexity index is 535. The van der Waals surface area contributed by atoms with Crippen LogP contribution in [0, 0.1) is 12.7 Å². The molecular formula is C14H13FN2O. The van der Waals surface area contributed by atoms with Crippen LogP contribution in [0.4, 0.5) is 10.1 Å². The molecule has 0 aliphatic rings. The van der Waals surface area contributed by atoms with Crippen LogP contribution in [0.3, 0.4) is 0 Å². The molecule has 0 radical (unpaired) electrons. The van der Waals surface area contributed by atoms with Crippen molar-refractivity contribution in [1.29, 1.82) is 0 Å². The zero-order valence-corrected chi connectivity index (χ0v) is 9.98. The van der Waals surface area contributed by atoms with Crippen LogP contribution in [-0.4, -0.2) is 10.9 Å². The number of aromatic nitrogens is 1. The summed E-state index contributed by atoms with van der Waals surface area (Å²) in [4.78, 5) is 15.7. The lowest BCUT2D eigenvalue weighted by molar-refractivity contribution is -0.115. The Morgan fingerprint density at radius 2 is 2.17 bits per heavy atom. The second-order valence-electron chi connectivity index (χ2n) is 4.02. The van der Waals surface area contributed by atoms with E-state index in [-0.39, 0.29) is 18.0 Å². The van der Waals surface area contributed by atoms with Gasteiger partial charge < -0.3 is 5.32 Å². The maximum atomic E-state index is 13.5. The number of benzene rings is 1. The Hall–Kier alpha value is -2.23. The summed E-state index contributed by atoms with van der Waals surface area (Å²) in [6, 6.07) is 8.26. The lowest BCUT2D eigenvalue weighted by atomic mass is 10.1. The first-order valence-electron chi connectivity index (χ1n) is 5.60. The highest BCUT2D eigenvalue weighted by molar-refractivity contribution is 5.93. The average molecular weight is 244 g/mol. The van der Waals surface area contributed by atoms with Crippen LogP contribution in [-0.2, 0) is 11.2 Å². The molecule has 0 spiro atoms. The van der Waals surface area contributed by atoms with Gasteiger partial charge in [-0.05, 0) is 30.2 Å². The number of anilines is 1. The second-order valence-corrected chi connectivity index (χ2v) is 4.02. The van der Waals surface area contributed by atoms with Crippen molar-refractivity contribution >= 4 is 11.6 Å². The number of carbonyl (C=O) groups excluding carboxylic acids is 1. The van der Waals surface area contributed by atoms with Gasteiger partial charge in [-0.2, -0.15) is 0 Å². The Balaban J connectivity index is 2.08. The van der Waals surface area contributed by atoms with Gasteiger partial charge in [0.15, 0.2) is 0 Å². The Morgan fingerprint density at radius 3 is 2.83 bits per heavy atom. The average Bonchev–Trinajstić information content (AvgIpc) is 2.35. The van der Waals surface area contributed by atoms with Gasteiger partial charge in [0.1, 0.15) is 5.82 Å². The van der Waals surface area contributed by atoms with Crippen LogP contribution in [0.2, 0.25) is 0 Å². The number of hydrogen-bond donors (Lipinski definition) is 1. The summed E-state index contributed by atoms with van der Waals surface area (Å²) < 4.78 is 13.5. The fraction of sp³-hybridized carbons (Fsp3) is 0.143. The smallest absolute Gasteiger partial charge is 0.228 e. The molecule has 0 atom stereocenters. The van der Waals surface area contributed by atoms with Gasteiger partial charge in [0.25, 0.3) is 0 Å². The summed E-state index contributed by atoms with van der Waals surface area (Å²) in [5.41, 5.74) is 1.74. The number of carbonyl (C=O) groups is 1. The number of halogens is 1. The molecular weight excluding hydrogens is 231 g/mol. The Labute approximate surface area is 105 Å². The van der Waals surface area contributed by atoms with E-state index in [0.29, 0.717) is 5.56 Å². The van der Waals surface area contributed by atoms with Gasteiger partial charge in [0.05, 0.1) is 12.1 Å². The fourth-order valence-electron chi connectivity index (χ4n) is 1.66. The molecule has 0 saturated heterocycles. The third kappa shape index (κ3) is 2.91. The number of hydrogen-bond acceptors (Lipinski definition) is 2. The van der Waals surface area contributed by atoms with E-state index in [1.165, 1.54) is 6.07 Å². The zero-order chi connectivity index (χ0) is 13.0.